The molecule has 0 spiro atoms. The number of rotatable bonds is 0. The van der Waals surface area contributed by atoms with Crippen LogP contribution in [-0.2, 0) is 24.8 Å². The van der Waals surface area contributed by atoms with Gasteiger partial charge in [-0.2, -0.15) is 4.21 Å². The van der Waals surface area contributed by atoms with Crippen LogP contribution in [0.5, 0.6) is 0 Å². The van der Waals surface area contributed by atoms with Gasteiger partial charge < -0.3 is 2.85 Å². The largest absolute Gasteiger partial charge is 1.00 e. The molecule has 0 aliphatic rings. The van der Waals surface area contributed by atoms with Gasteiger partial charge in [0, 0.05) is 15.8 Å². The molecular formula is H6KNaO6PS2+. The molecule has 0 aromatic rings. The van der Waals surface area contributed by atoms with Crippen molar-refractivity contribution in [2.45, 2.75) is 0 Å². The molecule has 0 saturated heterocycles. The summed E-state index contributed by atoms with van der Waals surface area (Å²) in [6, 6.07) is 0. The smallest absolute Gasteiger partial charge is 1.00 e. The third kappa shape index (κ3) is 179. The van der Waals surface area contributed by atoms with Crippen LogP contribution in [0.4, 0.5) is 0 Å². The van der Waals surface area contributed by atoms with Crippen LogP contribution >= 0.6 is 8.25 Å². The van der Waals surface area contributed by atoms with E-state index in [4.69, 9.17) is 27.7 Å². The van der Waals surface area contributed by atoms with E-state index in [-0.39, 0.29) is 83.8 Å². The SMILES string of the molecule is O=S(O)(O)=S.O=[P+](O)O.[H-].[H-].[K+].[Na+]. The molecule has 0 aromatic heterocycles. The van der Waals surface area contributed by atoms with Gasteiger partial charge in [-0.05, 0) is 0 Å². The van der Waals surface area contributed by atoms with Crippen molar-refractivity contribution < 1.29 is 111 Å². The molecule has 0 saturated carbocycles. The van der Waals surface area contributed by atoms with Crippen molar-refractivity contribution in [3.05, 3.63) is 0 Å². The van der Waals surface area contributed by atoms with Gasteiger partial charge >= 0.3 is 89.2 Å². The third-order valence-corrected chi connectivity index (χ3v) is 0. The molecule has 6 nitrogen and oxygen atoms in total. The minimum Gasteiger partial charge on any atom is -1.00 e. The number of hydrogen-bond acceptors (Lipinski definition) is 3. The molecule has 0 unspecified atom stereocenters. The average molecular weight is 259 g/mol. The average Bonchev–Trinajstić information content (AvgIpc) is 1.19. The zero-order valence-electron chi connectivity index (χ0n) is 7.87. The summed E-state index contributed by atoms with van der Waals surface area (Å²) >= 11 is 3.47. The van der Waals surface area contributed by atoms with Crippen LogP contribution in [-0.4, -0.2) is 23.1 Å². The summed E-state index contributed by atoms with van der Waals surface area (Å²) in [5.41, 5.74) is 0. The Labute approximate surface area is 137 Å². The van der Waals surface area contributed by atoms with Crippen LogP contribution < -0.4 is 80.9 Å². The van der Waals surface area contributed by atoms with E-state index in [0.29, 0.717) is 0 Å². The zero-order valence-corrected chi connectivity index (χ0v) is 13.5. The molecule has 0 fully saturated rings. The van der Waals surface area contributed by atoms with E-state index in [2.05, 4.69) is 11.2 Å². The van der Waals surface area contributed by atoms with E-state index in [1.165, 1.54) is 0 Å². The molecule has 4 N–H and O–H groups in total. The van der Waals surface area contributed by atoms with Crippen LogP contribution in [0.15, 0.2) is 0 Å². The molecule has 11 heteroatoms. The fraction of sp³-hybridized carbons (Fsp3) is 0. The molecule has 0 amide bonds. The maximum atomic E-state index is 9.11. The first kappa shape index (κ1) is 23.6. The normalized spacial score (nSPS) is 7.64. The van der Waals surface area contributed by atoms with Gasteiger partial charge in [-0.15, -0.1) is 9.79 Å². The van der Waals surface area contributed by atoms with E-state index in [1.54, 1.807) is 0 Å². The number of hydrogen-bond donors (Lipinski definition) is 4. The Morgan fingerprint density at radius 3 is 1.36 bits per heavy atom. The van der Waals surface area contributed by atoms with Crippen molar-refractivity contribution in [2.75, 3.05) is 0 Å². The Balaban J connectivity index is -0.0000000146. The first-order chi connectivity index (χ1) is 3.73. The first-order valence-electron chi connectivity index (χ1n) is 1.28. The fourth-order valence-corrected chi connectivity index (χ4v) is 0. The van der Waals surface area contributed by atoms with E-state index in [9.17, 15) is 0 Å². The molecule has 0 atom stereocenters. The van der Waals surface area contributed by atoms with E-state index in [0.717, 1.165) is 0 Å². The molecule has 0 aromatic carbocycles. The van der Waals surface area contributed by atoms with Gasteiger partial charge in [-0.3, -0.25) is 9.11 Å². The van der Waals surface area contributed by atoms with Crippen LogP contribution in [0.1, 0.15) is 2.85 Å². The van der Waals surface area contributed by atoms with Crippen LogP contribution in [0.3, 0.4) is 0 Å². The van der Waals surface area contributed by atoms with E-state index >= 15 is 0 Å². The zero-order chi connectivity index (χ0) is 8.08. The van der Waals surface area contributed by atoms with E-state index in [1.807, 2.05) is 0 Å². The van der Waals surface area contributed by atoms with Gasteiger partial charge in [-0.25, -0.2) is 0 Å². The van der Waals surface area contributed by atoms with Crippen molar-refractivity contribution in [1.82, 2.24) is 0 Å². The summed E-state index contributed by atoms with van der Waals surface area (Å²) in [7, 11) is -6.70. The van der Waals surface area contributed by atoms with Crippen LogP contribution in [0.2, 0.25) is 0 Å². The maximum absolute atomic E-state index is 9.11. The summed E-state index contributed by atoms with van der Waals surface area (Å²) in [6.07, 6.45) is 0. The molecule has 60 valence electrons. The van der Waals surface area contributed by atoms with Crippen molar-refractivity contribution in [3.8, 4) is 0 Å². The molecule has 0 radical (unpaired) electrons. The van der Waals surface area contributed by atoms with Gasteiger partial charge in [0.05, 0.1) is 0 Å². The van der Waals surface area contributed by atoms with Gasteiger partial charge in [0.1, 0.15) is 0 Å². The quantitative estimate of drug-likeness (QED) is 0.252. The van der Waals surface area contributed by atoms with Gasteiger partial charge in [0.25, 0.3) is 9.05 Å². The monoisotopic (exact) mass is 259 g/mol. The molecule has 0 heterocycles. The molecule has 0 aliphatic carbocycles. The predicted octanol–water partition coefficient (Wildman–Crippen LogP) is -6.46. The summed E-state index contributed by atoms with van der Waals surface area (Å²) in [5, 5.41) is 0. The van der Waals surface area contributed by atoms with Crippen LogP contribution in [0, 0.1) is 0 Å². The maximum Gasteiger partial charge on any atom is 1.00 e. The van der Waals surface area contributed by atoms with E-state index < -0.39 is 17.3 Å². The Morgan fingerprint density at radius 2 is 1.36 bits per heavy atom. The fourth-order valence-electron chi connectivity index (χ4n) is 0. The Kier molecular flexibility index (Phi) is 27.8. The molecule has 11 heavy (non-hydrogen) atoms. The summed E-state index contributed by atoms with van der Waals surface area (Å²) < 4.78 is 32.7. The Bertz CT molecular complexity index is 171. The van der Waals surface area contributed by atoms with Crippen molar-refractivity contribution in [3.63, 3.8) is 0 Å². The first-order valence-corrected chi connectivity index (χ1v) is 4.84. The molecular weight excluding hydrogens is 253 g/mol. The third-order valence-electron chi connectivity index (χ3n) is 0. The van der Waals surface area contributed by atoms with Gasteiger partial charge in [-0.1, -0.05) is 0 Å². The van der Waals surface area contributed by atoms with Crippen molar-refractivity contribution in [1.29, 1.82) is 0 Å². The summed E-state index contributed by atoms with van der Waals surface area (Å²) in [5.74, 6) is 0. The molecule has 0 rings (SSSR count). The van der Waals surface area contributed by atoms with Gasteiger partial charge in [0.15, 0.2) is 0 Å². The molecule has 0 aliphatic heterocycles. The predicted molar refractivity (Wildman–Crippen MR) is 35.0 cm³/mol. The topological polar surface area (TPSA) is 115 Å². The minimum absolute atomic E-state index is 0. The summed E-state index contributed by atoms with van der Waals surface area (Å²) in [4.78, 5) is 14.2. The minimum atomic E-state index is -3.83. The second-order valence-corrected chi connectivity index (χ2v) is 3.40. The van der Waals surface area contributed by atoms with Gasteiger partial charge in [0.2, 0.25) is 0 Å². The second kappa shape index (κ2) is 12.9. The van der Waals surface area contributed by atoms with Crippen LogP contribution in [0.25, 0.3) is 0 Å². The molecule has 0 bridgehead atoms. The van der Waals surface area contributed by atoms with Crippen molar-refractivity contribution >= 4 is 28.5 Å². The standard InChI is InChI=1S/K.Na.HO3P.H2O3S2.2H/c;;1-4(2)3;1-5(2,3)4;;/h;;(H-,1,2,3);(H2,1,2,3,4);;/q2*+1;;;2*-1/p+1. The summed E-state index contributed by atoms with van der Waals surface area (Å²) in [6.45, 7) is 0. The van der Waals surface area contributed by atoms with Crippen molar-refractivity contribution in [2.24, 2.45) is 0 Å². The Hall–Kier alpha value is 2.95. The second-order valence-electron chi connectivity index (χ2n) is 0.701. The Morgan fingerprint density at radius 1 is 1.36 bits per heavy atom.